The van der Waals surface area contributed by atoms with Crippen LogP contribution in [0.5, 0.6) is 0 Å². The molecule has 11 atom stereocenters. The van der Waals surface area contributed by atoms with Crippen LogP contribution in [0.4, 0.5) is 5.69 Å². The summed E-state index contributed by atoms with van der Waals surface area (Å²) in [4.78, 5) is 147. The first kappa shape index (κ1) is 75.4. The lowest BCUT2D eigenvalue weighted by atomic mass is 9.89. The van der Waals surface area contributed by atoms with E-state index in [9.17, 15) is 53.1 Å². The lowest BCUT2D eigenvalue weighted by molar-refractivity contribution is -0.148. The van der Waals surface area contributed by atoms with Crippen LogP contribution < -0.4 is 32.1 Å². The molecule has 24 nitrogen and oxygen atoms in total. The molecule has 2 aliphatic heterocycles. The first-order valence-electron chi connectivity index (χ1n) is 31.9. The van der Waals surface area contributed by atoms with Crippen LogP contribution in [0.15, 0.2) is 54.6 Å². The first-order valence-corrected chi connectivity index (χ1v) is 31.9. The molecule has 0 aromatic heterocycles. The molecule has 0 radical (unpaired) electrons. The molecule has 0 saturated carbocycles. The third-order valence-corrected chi connectivity index (χ3v) is 17.5. The van der Waals surface area contributed by atoms with E-state index in [0.717, 1.165) is 5.56 Å². The Morgan fingerprint density at radius 2 is 1.29 bits per heavy atom. The second-order valence-electron chi connectivity index (χ2n) is 25.5. The molecule has 0 aliphatic carbocycles. The van der Waals surface area contributed by atoms with Crippen LogP contribution in [-0.4, -0.2) is 193 Å². The van der Waals surface area contributed by atoms with Gasteiger partial charge in [0.1, 0.15) is 24.2 Å². The summed E-state index contributed by atoms with van der Waals surface area (Å²) in [5.74, 6) is -6.32. The Labute approximate surface area is 532 Å². The van der Waals surface area contributed by atoms with Gasteiger partial charge in [0.2, 0.25) is 47.3 Å². The van der Waals surface area contributed by atoms with Crippen molar-refractivity contribution in [3.63, 3.8) is 0 Å². The number of benzene rings is 2. The van der Waals surface area contributed by atoms with Crippen molar-refractivity contribution in [1.29, 1.82) is 0 Å². The Morgan fingerprint density at radius 3 is 1.84 bits per heavy atom. The van der Waals surface area contributed by atoms with Crippen molar-refractivity contribution in [1.82, 2.24) is 46.3 Å². The summed E-state index contributed by atoms with van der Waals surface area (Å²) in [5, 5.41) is 23.3. The highest BCUT2D eigenvalue weighted by Crippen LogP contribution is 2.30. The number of piperidine rings is 1. The van der Waals surface area contributed by atoms with Gasteiger partial charge in [0.15, 0.2) is 0 Å². The Bertz CT molecular complexity index is 2680. The number of carbonyl (C=O) groups is 10. The van der Waals surface area contributed by atoms with E-state index in [1.165, 1.54) is 21.1 Å². The number of rotatable bonds is 35. The number of hydrogen-bond acceptors (Lipinski definition) is 14. The number of carboxylic acids is 1. The van der Waals surface area contributed by atoms with E-state index in [4.69, 9.17) is 14.3 Å². The molecule has 9 amide bonds. The van der Waals surface area contributed by atoms with E-state index in [0.29, 0.717) is 63.0 Å². The molecule has 0 bridgehead atoms. The smallest absolute Gasteiger partial charge is 0.306 e. The molecule has 11 unspecified atom stereocenters. The molecule has 7 N–H and O–H groups in total. The minimum Gasteiger partial charge on any atom is -0.481 e. The molecule has 4 rings (SSSR count). The third kappa shape index (κ3) is 22.1. The molecule has 2 heterocycles. The normalized spacial score (nSPS) is 17.9. The van der Waals surface area contributed by atoms with Crippen LogP contribution >= 0.6 is 0 Å². The number of carbonyl (C=O) groups excluding carboxylic acids is 9. The SMILES string of the molecule is CCC(C)C(C(CC(=O)N1CCCC1C(OC)C(C)C(=O)NC(Cc1ccccc1)C(=O)NOCc1ccc(NC(=O)C(C)NC(=O)C(NC(=O)CCCC(=O)N2CCC(C(=O)O)CC2)C(C)C)cc1)OC)N(C)C(=O)C(NC(=O)C(C(C)C)N(C)C)C(C)C. The monoisotopic (exact) mass is 1260 g/mol. The Kier molecular flexibility index (Phi) is 30.8. The van der Waals surface area contributed by atoms with E-state index in [1.807, 2.05) is 90.9 Å². The number of nitrogens with one attached hydrogen (secondary N) is 6. The first-order chi connectivity index (χ1) is 42.5. The zero-order valence-electron chi connectivity index (χ0n) is 55.8. The van der Waals surface area contributed by atoms with Crippen molar-refractivity contribution in [3.8, 4) is 0 Å². The fourth-order valence-electron chi connectivity index (χ4n) is 12.1. The second-order valence-corrected chi connectivity index (χ2v) is 25.5. The van der Waals surface area contributed by atoms with Crippen molar-refractivity contribution < 1.29 is 67.4 Å². The van der Waals surface area contributed by atoms with Crippen LogP contribution in [-0.2, 0) is 75.3 Å². The molecule has 2 fully saturated rings. The highest BCUT2D eigenvalue weighted by Gasteiger charge is 2.44. The summed E-state index contributed by atoms with van der Waals surface area (Å²) in [6, 6.07) is 10.4. The highest BCUT2D eigenvalue weighted by molar-refractivity contribution is 5.98. The summed E-state index contributed by atoms with van der Waals surface area (Å²) in [7, 11) is 8.39. The van der Waals surface area contributed by atoms with Crippen LogP contribution in [0.1, 0.15) is 138 Å². The number of nitrogens with zero attached hydrogens (tertiary/aromatic N) is 4. The highest BCUT2D eigenvalue weighted by atomic mass is 16.7. The number of amides is 9. The minimum absolute atomic E-state index is 0.000683. The van der Waals surface area contributed by atoms with Gasteiger partial charge in [0, 0.05) is 65.9 Å². The molecule has 2 aliphatic rings. The summed E-state index contributed by atoms with van der Waals surface area (Å²) in [6.45, 7) is 19.5. The van der Waals surface area contributed by atoms with Crippen molar-refractivity contribution >= 4 is 64.8 Å². The van der Waals surface area contributed by atoms with E-state index in [1.54, 1.807) is 66.8 Å². The molecule has 90 heavy (non-hydrogen) atoms. The van der Waals surface area contributed by atoms with Crippen molar-refractivity contribution in [2.24, 2.45) is 35.5 Å². The van der Waals surface area contributed by atoms with Crippen molar-refractivity contribution in [2.45, 2.75) is 195 Å². The van der Waals surface area contributed by atoms with Gasteiger partial charge in [-0.1, -0.05) is 111 Å². The van der Waals surface area contributed by atoms with Gasteiger partial charge in [-0.05, 0) is 100 Å². The zero-order valence-corrected chi connectivity index (χ0v) is 55.8. The molecular formula is C66H104N10O14. The predicted molar refractivity (Wildman–Crippen MR) is 340 cm³/mol. The quantitative estimate of drug-likeness (QED) is 0.0461. The van der Waals surface area contributed by atoms with Crippen LogP contribution in [0.25, 0.3) is 0 Å². The largest absolute Gasteiger partial charge is 0.481 e. The van der Waals surface area contributed by atoms with Gasteiger partial charge in [-0.3, -0.25) is 57.7 Å². The van der Waals surface area contributed by atoms with Gasteiger partial charge >= 0.3 is 5.97 Å². The maximum absolute atomic E-state index is 14.6. The summed E-state index contributed by atoms with van der Waals surface area (Å²) >= 11 is 0. The van der Waals surface area contributed by atoms with Gasteiger partial charge in [0.25, 0.3) is 5.91 Å². The van der Waals surface area contributed by atoms with Gasteiger partial charge in [-0.25, -0.2) is 5.48 Å². The predicted octanol–water partition coefficient (Wildman–Crippen LogP) is 4.69. The molecule has 0 spiro atoms. The lowest BCUT2D eigenvalue weighted by Gasteiger charge is -2.41. The topological polar surface area (TPSA) is 304 Å². The Morgan fingerprint density at radius 1 is 0.656 bits per heavy atom. The maximum atomic E-state index is 14.6. The number of aliphatic carboxylic acids is 1. The van der Waals surface area contributed by atoms with Gasteiger partial charge < -0.3 is 55.9 Å². The zero-order chi connectivity index (χ0) is 67.1. The number of hydrogen-bond donors (Lipinski definition) is 7. The average Bonchev–Trinajstić information content (AvgIpc) is 1.79. The number of methoxy groups -OCH3 is 2. The fourth-order valence-corrected chi connectivity index (χ4v) is 12.1. The van der Waals surface area contributed by atoms with Gasteiger partial charge in [0.05, 0.1) is 55.2 Å². The Hall–Kier alpha value is -7.02. The maximum Gasteiger partial charge on any atom is 0.306 e. The standard InChI is InChI=1S/C66H104N10O14/c1-16-42(8)58(74(13)65(85)56(40(4)5)71-64(84)57(41(6)7)73(11)12)51(88-14)37-54(79)76-33-21-24-50(76)59(89-15)43(9)60(80)69-49(36-45-22-18-17-19-23-45)62(82)72-90-38-46-27-29-48(30-28-46)68-61(81)44(10)67-63(83)55(39(2)3)70-52(77)25-20-26-53(78)75-34-31-47(32-35-75)66(86)87/h17-19,22-23,27-30,39-44,47,49-51,55-59H,16,20-21,24-26,31-38H2,1-15H3,(H,67,83)(H,68,81)(H,69,80)(H,70,77)(H,71,84)(H,72,82)(H,86,87). The fraction of sp³-hybridized carbons (Fsp3) is 0.667. The minimum atomic E-state index is -1.09. The van der Waals surface area contributed by atoms with E-state index in [2.05, 4.69) is 32.1 Å². The molecule has 2 saturated heterocycles. The van der Waals surface area contributed by atoms with E-state index < -0.39 is 102 Å². The molecule has 2 aromatic rings. The average molecular weight is 1260 g/mol. The number of hydroxylamine groups is 1. The van der Waals surface area contributed by atoms with Crippen LogP contribution in [0, 0.1) is 35.5 Å². The molecule has 2 aromatic carbocycles. The number of carboxylic acid groups (broad SMARTS) is 1. The van der Waals surface area contributed by atoms with Gasteiger partial charge in [-0.2, -0.15) is 0 Å². The van der Waals surface area contributed by atoms with Crippen LogP contribution in [0.2, 0.25) is 0 Å². The van der Waals surface area contributed by atoms with Crippen molar-refractivity contribution in [3.05, 3.63) is 65.7 Å². The molecule has 24 heteroatoms. The van der Waals surface area contributed by atoms with Crippen molar-refractivity contribution in [2.75, 3.05) is 60.3 Å². The number of likely N-dealkylation sites (N-methyl/N-ethyl adjacent to an activating group) is 2. The van der Waals surface area contributed by atoms with Crippen LogP contribution in [0.3, 0.4) is 0 Å². The second kappa shape index (κ2) is 36.7. The third-order valence-electron chi connectivity index (χ3n) is 17.5. The number of anilines is 1. The summed E-state index contributed by atoms with van der Waals surface area (Å²) in [6.07, 6.45) is 1.60. The lowest BCUT2D eigenvalue weighted by Crippen LogP contribution is -2.59. The van der Waals surface area contributed by atoms with Gasteiger partial charge in [-0.15, -0.1) is 0 Å². The number of likely N-dealkylation sites (tertiary alicyclic amines) is 2. The molecular weight excluding hydrogens is 1160 g/mol. The Balaban J connectivity index is 1.34. The number of ether oxygens (including phenoxy) is 2. The summed E-state index contributed by atoms with van der Waals surface area (Å²) < 4.78 is 12.1. The van der Waals surface area contributed by atoms with E-state index in [-0.39, 0.29) is 86.0 Å². The van der Waals surface area contributed by atoms with E-state index >= 15 is 0 Å². The molecule has 502 valence electrons. The summed E-state index contributed by atoms with van der Waals surface area (Å²) in [5.41, 5.74) is 4.29.